The van der Waals surface area contributed by atoms with Crippen LogP contribution in [0.1, 0.15) is 34.6 Å². The van der Waals surface area contributed by atoms with Gasteiger partial charge in [-0.15, -0.1) is 21.5 Å². The fourth-order valence-electron chi connectivity index (χ4n) is 3.33. The van der Waals surface area contributed by atoms with Gasteiger partial charge in [0.15, 0.2) is 5.78 Å². The standard InChI is InChI=1S/C19H21N3O3S2/c1-12-9-15(13(2)22(12)10-14-5-3-7-24-14)16(23)11-27-19-21-20-18(25-19)17-6-4-8-26-17/h4,6,8-9,14H,3,5,7,10-11H2,1-2H3. The Labute approximate surface area is 165 Å². The summed E-state index contributed by atoms with van der Waals surface area (Å²) in [6.45, 7) is 5.69. The van der Waals surface area contributed by atoms with Crippen molar-refractivity contribution in [2.24, 2.45) is 0 Å². The predicted octanol–water partition coefficient (Wildman–Crippen LogP) is 4.37. The Hall–Kier alpha value is -1.90. The minimum atomic E-state index is 0.0718. The van der Waals surface area contributed by atoms with Crippen molar-refractivity contribution in [3.63, 3.8) is 0 Å². The van der Waals surface area contributed by atoms with E-state index >= 15 is 0 Å². The van der Waals surface area contributed by atoms with Gasteiger partial charge >= 0.3 is 0 Å². The van der Waals surface area contributed by atoms with Crippen molar-refractivity contribution in [3.05, 3.63) is 40.5 Å². The molecule has 0 aromatic carbocycles. The molecule has 0 radical (unpaired) electrons. The zero-order valence-corrected chi connectivity index (χ0v) is 16.9. The molecular weight excluding hydrogens is 382 g/mol. The molecule has 3 aromatic heterocycles. The molecule has 6 nitrogen and oxygen atoms in total. The highest BCUT2D eigenvalue weighted by Gasteiger charge is 2.21. The summed E-state index contributed by atoms with van der Waals surface area (Å²) in [6, 6.07) is 5.84. The summed E-state index contributed by atoms with van der Waals surface area (Å²) in [6.07, 6.45) is 2.45. The first kappa shape index (κ1) is 18.5. The number of aryl methyl sites for hydroxylation is 1. The molecular formula is C19H21N3O3S2. The molecule has 0 aliphatic carbocycles. The molecule has 1 aliphatic rings. The van der Waals surface area contributed by atoms with Gasteiger partial charge in [-0.25, -0.2) is 0 Å². The number of carbonyl (C=O) groups is 1. The first-order chi connectivity index (χ1) is 13.1. The number of ether oxygens (including phenoxy) is 1. The molecule has 4 heterocycles. The van der Waals surface area contributed by atoms with Crippen molar-refractivity contribution >= 4 is 28.9 Å². The van der Waals surface area contributed by atoms with E-state index in [0.29, 0.717) is 11.1 Å². The maximum absolute atomic E-state index is 12.7. The van der Waals surface area contributed by atoms with Crippen molar-refractivity contribution in [1.29, 1.82) is 0 Å². The summed E-state index contributed by atoms with van der Waals surface area (Å²) in [5.74, 6) is 0.841. The van der Waals surface area contributed by atoms with Crippen molar-refractivity contribution in [2.45, 2.75) is 44.6 Å². The minimum absolute atomic E-state index is 0.0718. The van der Waals surface area contributed by atoms with E-state index in [9.17, 15) is 4.79 Å². The molecule has 1 unspecified atom stereocenters. The number of ketones is 1. The predicted molar refractivity (Wildman–Crippen MR) is 106 cm³/mol. The molecule has 27 heavy (non-hydrogen) atoms. The van der Waals surface area contributed by atoms with Crippen LogP contribution in [0.5, 0.6) is 0 Å². The smallest absolute Gasteiger partial charge is 0.277 e. The number of rotatable bonds is 7. The Bertz CT molecular complexity index is 924. The topological polar surface area (TPSA) is 70.2 Å². The van der Waals surface area contributed by atoms with Gasteiger partial charge in [-0.1, -0.05) is 17.8 Å². The number of thiophene rings is 1. The Morgan fingerprint density at radius 1 is 1.41 bits per heavy atom. The normalized spacial score (nSPS) is 16.9. The molecule has 1 saturated heterocycles. The molecule has 8 heteroatoms. The second-order valence-electron chi connectivity index (χ2n) is 6.59. The largest absolute Gasteiger partial charge is 0.410 e. The zero-order chi connectivity index (χ0) is 18.8. The van der Waals surface area contributed by atoms with Gasteiger partial charge in [-0.2, -0.15) is 0 Å². The van der Waals surface area contributed by atoms with Crippen LogP contribution in [-0.4, -0.2) is 39.0 Å². The van der Waals surface area contributed by atoms with E-state index in [4.69, 9.17) is 9.15 Å². The molecule has 1 fully saturated rings. The lowest BCUT2D eigenvalue weighted by atomic mass is 10.2. The monoisotopic (exact) mass is 403 g/mol. The van der Waals surface area contributed by atoms with Gasteiger partial charge in [-0.05, 0) is 44.2 Å². The highest BCUT2D eigenvalue weighted by atomic mass is 32.2. The number of thioether (sulfide) groups is 1. The van der Waals surface area contributed by atoms with Crippen LogP contribution in [0.25, 0.3) is 10.8 Å². The van der Waals surface area contributed by atoms with Crippen LogP contribution in [0.15, 0.2) is 33.2 Å². The Balaban J connectivity index is 1.41. The van der Waals surface area contributed by atoms with E-state index in [1.165, 1.54) is 11.8 Å². The van der Waals surface area contributed by atoms with Crippen molar-refractivity contribution in [1.82, 2.24) is 14.8 Å². The number of nitrogens with zero attached hydrogens (tertiary/aromatic N) is 3. The van der Waals surface area contributed by atoms with Gasteiger partial charge < -0.3 is 13.7 Å². The van der Waals surface area contributed by atoms with Crippen LogP contribution < -0.4 is 0 Å². The number of carbonyl (C=O) groups excluding carboxylic acids is 1. The minimum Gasteiger partial charge on any atom is -0.410 e. The quantitative estimate of drug-likeness (QED) is 0.431. The lowest BCUT2D eigenvalue weighted by Gasteiger charge is -2.14. The van der Waals surface area contributed by atoms with E-state index in [1.54, 1.807) is 11.3 Å². The van der Waals surface area contributed by atoms with Crippen LogP contribution in [0.3, 0.4) is 0 Å². The molecule has 1 atom stereocenters. The van der Waals surface area contributed by atoms with Gasteiger partial charge in [0.25, 0.3) is 11.1 Å². The fraction of sp³-hybridized carbons (Fsp3) is 0.421. The van der Waals surface area contributed by atoms with Crippen molar-refractivity contribution in [2.75, 3.05) is 12.4 Å². The van der Waals surface area contributed by atoms with Gasteiger partial charge in [0.1, 0.15) is 0 Å². The molecule has 1 aliphatic heterocycles. The number of aromatic nitrogens is 3. The summed E-state index contributed by atoms with van der Waals surface area (Å²) in [5, 5.41) is 10.5. The Morgan fingerprint density at radius 2 is 2.30 bits per heavy atom. The number of Topliss-reactive ketones (excluding diaryl/α,β-unsaturated/α-hetero) is 1. The maximum Gasteiger partial charge on any atom is 0.277 e. The van der Waals surface area contributed by atoms with E-state index in [0.717, 1.165) is 47.8 Å². The molecule has 0 saturated carbocycles. The van der Waals surface area contributed by atoms with E-state index in [2.05, 4.69) is 14.8 Å². The highest BCUT2D eigenvalue weighted by molar-refractivity contribution is 7.99. The summed E-state index contributed by atoms with van der Waals surface area (Å²) in [5.41, 5.74) is 2.85. The Morgan fingerprint density at radius 3 is 3.04 bits per heavy atom. The molecule has 3 aromatic rings. The molecule has 0 N–H and O–H groups in total. The third kappa shape index (κ3) is 4.02. The van der Waals surface area contributed by atoms with Gasteiger partial charge in [0, 0.05) is 30.1 Å². The number of hydrogen-bond acceptors (Lipinski definition) is 7. The third-order valence-electron chi connectivity index (χ3n) is 4.75. The first-order valence-electron chi connectivity index (χ1n) is 8.93. The lowest BCUT2D eigenvalue weighted by Crippen LogP contribution is -2.17. The second-order valence-corrected chi connectivity index (χ2v) is 8.47. The van der Waals surface area contributed by atoms with Crippen LogP contribution in [0.2, 0.25) is 0 Å². The Kier molecular flexibility index (Phi) is 5.47. The lowest BCUT2D eigenvalue weighted by molar-refractivity contribution is 0.0957. The molecule has 0 amide bonds. The molecule has 0 bridgehead atoms. The van der Waals surface area contributed by atoms with Crippen LogP contribution in [0.4, 0.5) is 0 Å². The van der Waals surface area contributed by atoms with Crippen molar-refractivity contribution in [3.8, 4) is 10.8 Å². The van der Waals surface area contributed by atoms with Crippen LogP contribution in [-0.2, 0) is 11.3 Å². The van der Waals surface area contributed by atoms with E-state index < -0.39 is 0 Å². The van der Waals surface area contributed by atoms with E-state index in [1.807, 2.05) is 37.4 Å². The first-order valence-corrected chi connectivity index (χ1v) is 10.8. The summed E-state index contributed by atoms with van der Waals surface area (Å²) in [4.78, 5) is 13.7. The van der Waals surface area contributed by atoms with Crippen LogP contribution in [0, 0.1) is 13.8 Å². The maximum atomic E-state index is 12.7. The third-order valence-corrected chi connectivity index (χ3v) is 6.43. The van der Waals surface area contributed by atoms with Crippen molar-refractivity contribution < 1.29 is 13.9 Å². The second kappa shape index (κ2) is 8.00. The van der Waals surface area contributed by atoms with Crippen LogP contribution >= 0.6 is 23.1 Å². The number of hydrogen-bond donors (Lipinski definition) is 0. The highest BCUT2D eigenvalue weighted by Crippen LogP contribution is 2.27. The molecule has 0 spiro atoms. The van der Waals surface area contributed by atoms with Gasteiger partial charge in [0.05, 0.1) is 16.7 Å². The van der Waals surface area contributed by atoms with E-state index in [-0.39, 0.29) is 17.6 Å². The average molecular weight is 404 g/mol. The van der Waals surface area contributed by atoms with Gasteiger partial charge in [-0.3, -0.25) is 4.79 Å². The summed E-state index contributed by atoms with van der Waals surface area (Å²) in [7, 11) is 0. The average Bonchev–Trinajstić information content (AvgIpc) is 3.43. The summed E-state index contributed by atoms with van der Waals surface area (Å²) < 4.78 is 13.6. The SMILES string of the molecule is Cc1cc(C(=O)CSc2nnc(-c3cccs3)o2)c(C)n1CC1CCCO1. The zero-order valence-electron chi connectivity index (χ0n) is 15.3. The fourth-order valence-corrected chi connectivity index (χ4v) is 4.62. The summed E-state index contributed by atoms with van der Waals surface area (Å²) >= 11 is 2.82. The molecule has 4 rings (SSSR count). The molecule has 142 valence electrons. The van der Waals surface area contributed by atoms with Gasteiger partial charge in [0.2, 0.25) is 0 Å².